The summed E-state index contributed by atoms with van der Waals surface area (Å²) in [6.45, 7) is 0. The van der Waals surface area contributed by atoms with Gasteiger partial charge in [-0.15, -0.1) is 0 Å². The van der Waals surface area contributed by atoms with Gasteiger partial charge in [0.2, 0.25) is 6.29 Å². The van der Waals surface area contributed by atoms with Gasteiger partial charge >= 0.3 is 0 Å². The van der Waals surface area contributed by atoms with E-state index >= 15 is 0 Å². The molecule has 0 amide bonds. The second kappa shape index (κ2) is 3.05. The van der Waals surface area contributed by atoms with Gasteiger partial charge in [-0.25, -0.2) is 0 Å². The van der Waals surface area contributed by atoms with Crippen LogP contribution in [-0.4, -0.2) is 10.9 Å². The van der Waals surface area contributed by atoms with E-state index in [4.69, 9.17) is 0 Å². The first-order chi connectivity index (χ1) is 6.33. The maximum atomic E-state index is 10.3. The van der Waals surface area contributed by atoms with E-state index in [9.17, 15) is 4.79 Å². The second-order valence-corrected chi connectivity index (χ2v) is 3.10. The summed E-state index contributed by atoms with van der Waals surface area (Å²) >= 11 is 0. The minimum Gasteiger partial charge on any atom is -0.350 e. The summed E-state index contributed by atoms with van der Waals surface area (Å²) in [4.78, 5) is 10.3. The van der Waals surface area contributed by atoms with Gasteiger partial charge in [0.15, 0.2) is 0 Å². The molecule has 0 bridgehead atoms. The number of nitrogens with zero attached hydrogens (tertiary/aromatic N) is 1. The van der Waals surface area contributed by atoms with Crippen molar-refractivity contribution in [3.63, 3.8) is 0 Å². The molecular weight excluding hydrogens is 162 g/mol. The molecule has 0 aliphatic carbocycles. The average molecular weight is 172 g/mol. The predicted molar refractivity (Wildman–Crippen MR) is 52.3 cm³/mol. The van der Waals surface area contributed by atoms with Crippen LogP contribution in [0.2, 0.25) is 0 Å². The summed E-state index contributed by atoms with van der Waals surface area (Å²) in [5.41, 5.74) is 2.21. The molecule has 0 aliphatic heterocycles. The Morgan fingerprint density at radius 1 is 1.38 bits per heavy atom. The van der Waals surface area contributed by atoms with E-state index in [1.807, 2.05) is 48.4 Å². The molecule has 0 saturated heterocycles. The Labute approximate surface area is 76.8 Å². The van der Waals surface area contributed by atoms with E-state index < -0.39 is 0 Å². The van der Waals surface area contributed by atoms with Gasteiger partial charge in [-0.3, -0.25) is 4.79 Å². The highest BCUT2D eigenvalue weighted by atomic mass is 16.1. The fourth-order valence-corrected chi connectivity index (χ4v) is 1.64. The number of aromatic nitrogens is 1. The van der Waals surface area contributed by atoms with Crippen LogP contribution < -0.4 is 0 Å². The van der Waals surface area contributed by atoms with Crippen LogP contribution in [0, 0.1) is 0 Å². The Hall–Kier alpha value is -1.57. The molecule has 0 aliphatic rings. The van der Waals surface area contributed by atoms with Crippen LogP contribution in [0.1, 0.15) is 5.56 Å². The zero-order chi connectivity index (χ0) is 9.26. The smallest absolute Gasteiger partial charge is 0.203 e. The van der Waals surface area contributed by atoms with Crippen molar-refractivity contribution < 1.29 is 4.79 Å². The molecule has 1 heterocycles. The molecule has 2 heteroatoms. The lowest BCUT2D eigenvalue weighted by Crippen LogP contribution is -1.83. The van der Waals surface area contributed by atoms with Gasteiger partial charge in [-0.05, 0) is 11.6 Å². The van der Waals surface area contributed by atoms with Crippen molar-refractivity contribution in [2.24, 2.45) is 7.05 Å². The van der Waals surface area contributed by atoms with E-state index in [0.717, 1.165) is 16.5 Å². The summed E-state index contributed by atoms with van der Waals surface area (Å²) in [5.74, 6) is 0. The third-order valence-corrected chi connectivity index (χ3v) is 2.24. The first-order valence-corrected chi connectivity index (χ1v) is 4.21. The molecule has 2 rings (SSSR count). The fraction of sp³-hybridized carbons (Fsp3) is 0.182. The Bertz CT molecular complexity index is 442. The van der Waals surface area contributed by atoms with E-state index in [0.29, 0.717) is 6.42 Å². The Morgan fingerprint density at radius 3 is 2.92 bits per heavy atom. The van der Waals surface area contributed by atoms with Crippen molar-refractivity contribution >= 4 is 17.2 Å². The summed E-state index contributed by atoms with van der Waals surface area (Å²) in [5, 5.41) is 1.15. The molecule has 1 aromatic carbocycles. The lowest BCUT2D eigenvalue weighted by Gasteiger charge is -1.93. The molecule has 0 N–H and O–H groups in total. The Balaban J connectivity index is 2.70. The van der Waals surface area contributed by atoms with Gasteiger partial charge in [0, 0.05) is 30.6 Å². The van der Waals surface area contributed by atoms with Crippen LogP contribution in [0.5, 0.6) is 0 Å². The number of hydrogen-bond donors (Lipinski definition) is 0. The largest absolute Gasteiger partial charge is 0.350 e. The van der Waals surface area contributed by atoms with Crippen LogP contribution in [0.3, 0.4) is 0 Å². The van der Waals surface area contributed by atoms with Gasteiger partial charge in [-0.2, -0.15) is 0 Å². The van der Waals surface area contributed by atoms with Gasteiger partial charge in [0.25, 0.3) is 0 Å². The molecule has 13 heavy (non-hydrogen) atoms. The number of fused-ring (bicyclic) bond motifs is 1. The summed E-state index contributed by atoms with van der Waals surface area (Å²) in [6, 6.07) is 8.05. The summed E-state index contributed by atoms with van der Waals surface area (Å²) in [6.07, 6.45) is 4.28. The molecule has 2 aromatic rings. The zero-order valence-electron chi connectivity index (χ0n) is 7.45. The average Bonchev–Trinajstić information content (AvgIpc) is 2.46. The van der Waals surface area contributed by atoms with E-state index in [1.54, 1.807) is 0 Å². The van der Waals surface area contributed by atoms with Gasteiger partial charge in [0.05, 0.1) is 0 Å². The predicted octanol–water partition coefficient (Wildman–Crippen LogP) is 1.83. The van der Waals surface area contributed by atoms with Gasteiger partial charge < -0.3 is 4.57 Å². The third kappa shape index (κ3) is 1.24. The topological polar surface area (TPSA) is 22.0 Å². The van der Waals surface area contributed by atoms with Crippen LogP contribution in [-0.2, 0) is 18.3 Å². The summed E-state index contributed by atoms with van der Waals surface area (Å²) in [7, 11) is 1.98. The van der Waals surface area contributed by atoms with Crippen LogP contribution >= 0.6 is 0 Å². The second-order valence-electron chi connectivity index (χ2n) is 3.10. The highest BCUT2D eigenvalue weighted by molar-refractivity contribution is 5.85. The number of rotatable bonds is 2. The van der Waals surface area contributed by atoms with E-state index in [-0.39, 0.29) is 0 Å². The van der Waals surface area contributed by atoms with Crippen molar-refractivity contribution in [2.75, 3.05) is 0 Å². The number of hydrogen-bond acceptors (Lipinski definition) is 1. The highest BCUT2D eigenvalue weighted by Gasteiger charge is 2.04. The van der Waals surface area contributed by atoms with Crippen LogP contribution in [0.15, 0.2) is 30.5 Å². The zero-order valence-corrected chi connectivity index (χ0v) is 7.45. The monoisotopic (exact) mass is 172 g/mol. The molecule has 2 nitrogen and oxygen atoms in total. The van der Waals surface area contributed by atoms with Crippen LogP contribution in [0.4, 0.5) is 0 Å². The van der Waals surface area contributed by atoms with Gasteiger partial charge in [-0.1, -0.05) is 18.2 Å². The first-order valence-electron chi connectivity index (χ1n) is 4.21. The van der Waals surface area contributed by atoms with E-state index in [1.165, 1.54) is 0 Å². The summed E-state index contributed by atoms with van der Waals surface area (Å²) < 4.78 is 2.03. The lowest BCUT2D eigenvalue weighted by atomic mass is 10.1. The standard InChI is InChI=1S/C11H10NO/c1-12-8-9(6-7-13)10-4-2-3-5-11(10)12/h2-5,8H,6H2,1H3. The van der Waals surface area contributed by atoms with Crippen molar-refractivity contribution in [3.05, 3.63) is 36.0 Å². The molecular formula is C11H10NO. The first kappa shape index (κ1) is 8.05. The van der Waals surface area contributed by atoms with Crippen molar-refractivity contribution in [1.82, 2.24) is 4.57 Å². The van der Waals surface area contributed by atoms with Crippen LogP contribution in [0.25, 0.3) is 10.9 Å². The minimum atomic E-state index is 0.376. The molecule has 1 aromatic heterocycles. The molecule has 0 unspecified atom stereocenters. The molecule has 1 radical (unpaired) electrons. The Kier molecular flexibility index (Phi) is 1.89. The number of aryl methyl sites for hydroxylation is 1. The van der Waals surface area contributed by atoms with E-state index in [2.05, 4.69) is 0 Å². The molecule has 65 valence electrons. The maximum Gasteiger partial charge on any atom is 0.203 e. The quantitative estimate of drug-likeness (QED) is 0.677. The highest BCUT2D eigenvalue weighted by Crippen LogP contribution is 2.19. The van der Waals surface area contributed by atoms with Crippen molar-refractivity contribution in [3.8, 4) is 0 Å². The van der Waals surface area contributed by atoms with Gasteiger partial charge in [0.1, 0.15) is 0 Å². The SMILES string of the molecule is Cn1cc(C[C]=O)c2ccccc21. The normalized spacial score (nSPS) is 10.5. The third-order valence-electron chi connectivity index (χ3n) is 2.24. The fourth-order valence-electron chi connectivity index (χ4n) is 1.64. The van der Waals surface area contributed by atoms with Crippen molar-refractivity contribution in [2.45, 2.75) is 6.42 Å². The Morgan fingerprint density at radius 2 is 2.15 bits per heavy atom. The van der Waals surface area contributed by atoms with Crippen molar-refractivity contribution in [1.29, 1.82) is 0 Å². The molecule has 0 fully saturated rings. The lowest BCUT2D eigenvalue weighted by molar-refractivity contribution is 0.555. The molecule has 0 atom stereocenters. The number of para-hydroxylation sites is 1. The number of carbonyl (C=O) groups excluding carboxylic acids is 1. The minimum absolute atomic E-state index is 0.376. The molecule has 0 spiro atoms. The molecule has 0 saturated carbocycles. The number of benzene rings is 1. The maximum absolute atomic E-state index is 10.3.